The van der Waals surface area contributed by atoms with Gasteiger partial charge in [0, 0.05) is 0 Å². The maximum atomic E-state index is 8.41. The van der Waals surface area contributed by atoms with Crippen molar-refractivity contribution >= 4 is 87.6 Å². The summed E-state index contributed by atoms with van der Waals surface area (Å²) in [5.41, 5.74) is 0. The van der Waals surface area contributed by atoms with Crippen LogP contribution in [0.5, 0.6) is 5.75 Å². The average Bonchev–Trinajstić information content (AvgIpc) is 2.13. The van der Waals surface area contributed by atoms with Gasteiger partial charge in [-0.25, -0.2) is 5.26 Å². The Morgan fingerprint density at radius 3 is 1.29 bits per heavy atom. The van der Waals surface area contributed by atoms with E-state index in [2.05, 4.69) is 4.89 Å². The zero-order chi connectivity index (χ0) is 10.2. The van der Waals surface area contributed by atoms with Gasteiger partial charge in [0.2, 0.25) is 5.75 Å². The van der Waals surface area contributed by atoms with E-state index in [4.69, 9.17) is 63.3 Å². The second-order valence-corrected chi connectivity index (χ2v) is 3.88. The first-order chi connectivity index (χ1) is 6.00. The average molecular weight is 306 g/mol. The van der Waals surface area contributed by atoms with Crippen molar-refractivity contribution in [1.82, 2.24) is 0 Å². The molecule has 1 aromatic rings. The summed E-state index contributed by atoms with van der Waals surface area (Å²) in [6, 6.07) is 0. The van der Waals surface area contributed by atoms with Crippen molar-refractivity contribution in [2.24, 2.45) is 0 Å². The predicted molar refractivity (Wildman–Crippen MR) is 61.9 cm³/mol. The summed E-state index contributed by atoms with van der Waals surface area (Å²) >= 11 is 28.2. The Morgan fingerprint density at radius 1 is 0.714 bits per heavy atom. The Kier molecular flexibility index (Phi) is 6.87. The van der Waals surface area contributed by atoms with Crippen molar-refractivity contribution in [3.8, 4) is 5.75 Å². The molecule has 0 aromatic heterocycles. The van der Waals surface area contributed by atoms with Crippen molar-refractivity contribution in [3.63, 3.8) is 0 Å². The third-order valence-electron chi connectivity index (χ3n) is 1.26. The van der Waals surface area contributed by atoms with Gasteiger partial charge < -0.3 is 4.89 Å². The Morgan fingerprint density at radius 2 is 1.00 bits per heavy atom. The van der Waals surface area contributed by atoms with Gasteiger partial charge in [0.1, 0.15) is 10.0 Å². The van der Waals surface area contributed by atoms with Crippen LogP contribution in [0, 0.1) is 0 Å². The third kappa shape index (κ3) is 2.76. The molecule has 0 saturated carbocycles. The molecule has 74 valence electrons. The van der Waals surface area contributed by atoms with Crippen molar-refractivity contribution in [1.29, 1.82) is 0 Å². The van der Waals surface area contributed by atoms with E-state index in [9.17, 15) is 0 Å². The fraction of sp³-hybridized carbons (Fsp3) is 0. The third-order valence-corrected chi connectivity index (χ3v) is 3.50. The van der Waals surface area contributed by atoms with E-state index in [-0.39, 0.29) is 60.4 Å². The van der Waals surface area contributed by atoms with Crippen molar-refractivity contribution < 1.29 is 10.1 Å². The number of rotatable bonds is 1. The van der Waals surface area contributed by atoms with Crippen LogP contribution in [-0.2, 0) is 0 Å². The summed E-state index contributed by atoms with van der Waals surface area (Å²) in [7, 11) is 0. The quantitative estimate of drug-likeness (QED) is 0.278. The number of halogens is 5. The molecule has 0 atom stereocenters. The van der Waals surface area contributed by atoms with Gasteiger partial charge in [-0.3, -0.25) is 0 Å². The van der Waals surface area contributed by atoms with Gasteiger partial charge in [0.25, 0.3) is 0 Å². The van der Waals surface area contributed by atoms with Crippen LogP contribution < -0.4 is 4.89 Å². The topological polar surface area (TPSA) is 29.5 Å². The molecule has 0 bridgehead atoms. The van der Waals surface area contributed by atoms with Gasteiger partial charge in [0.05, 0.1) is 15.1 Å². The fourth-order valence-electron chi connectivity index (χ4n) is 0.665. The summed E-state index contributed by atoms with van der Waals surface area (Å²) in [4.78, 5) is 3.90. The van der Waals surface area contributed by atoms with Crippen LogP contribution in [0.15, 0.2) is 0 Å². The Hall–Kier alpha value is 1.43. The summed E-state index contributed by atoms with van der Waals surface area (Å²) < 4.78 is 0. The van der Waals surface area contributed by atoms with Crippen molar-refractivity contribution in [2.45, 2.75) is 0 Å². The van der Waals surface area contributed by atoms with Crippen LogP contribution in [0.2, 0.25) is 25.1 Å². The van der Waals surface area contributed by atoms with Crippen LogP contribution in [-0.4, -0.2) is 34.8 Å². The summed E-state index contributed by atoms with van der Waals surface area (Å²) in [6.45, 7) is 0. The van der Waals surface area contributed by atoms with Crippen molar-refractivity contribution in [2.75, 3.05) is 0 Å². The molecule has 2 nitrogen and oxygen atoms in total. The maximum absolute atomic E-state index is 8.41. The van der Waals surface area contributed by atoms with Crippen LogP contribution in [0.3, 0.4) is 0 Å². The monoisotopic (exact) mass is 304 g/mol. The van der Waals surface area contributed by atoms with Gasteiger partial charge in [-0.2, -0.15) is 0 Å². The molecule has 0 fully saturated rings. The predicted octanol–water partition coefficient (Wildman–Crippen LogP) is 4.16. The summed E-state index contributed by atoms with van der Waals surface area (Å²) in [5.74, 6) is -0.220. The normalized spacial score (nSPS) is 9.57. The molecule has 0 aliphatic rings. The van der Waals surface area contributed by atoms with Crippen LogP contribution in [0.1, 0.15) is 0 Å². The van der Waals surface area contributed by atoms with Gasteiger partial charge >= 0.3 is 29.6 Å². The first kappa shape index (κ1) is 15.4. The van der Waals surface area contributed by atoms with Crippen LogP contribution in [0.25, 0.3) is 0 Å². The van der Waals surface area contributed by atoms with Crippen LogP contribution >= 0.6 is 58.0 Å². The fourth-order valence-corrected chi connectivity index (χ4v) is 1.85. The molecule has 0 unspecified atom stereocenters. The van der Waals surface area contributed by atoms with Crippen LogP contribution in [0.4, 0.5) is 0 Å². The van der Waals surface area contributed by atoms with Gasteiger partial charge in [-0.15, -0.1) is 0 Å². The van der Waals surface area contributed by atoms with E-state index in [0.717, 1.165) is 0 Å². The molecule has 8 heteroatoms. The molecule has 0 aliphatic heterocycles. The number of hydrogen-bond donors (Lipinski definition) is 1. The molecule has 0 amide bonds. The minimum absolute atomic E-state index is 0. The zero-order valence-electron chi connectivity index (χ0n) is 5.75. The summed E-state index contributed by atoms with van der Waals surface area (Å²) in [6.07, 6.45) is 0. The van der Waals surface area contributed by atoms with E-state index in [1.807, 2.05) is 0 Å². The standard InChI is InChI=1S/C6HCl5O2.Na.H/c7-1-2(8)4(10)6(13-12)5(11)3(1)9;;/h12H;;. The minimum atomic E-state index is -0.220. The molecule has 0 heterocycles. The molecule has 1 aromatic carbocycles. The number of benzene rings is 1. The molecule has 1 N–H and O–H groups in total. The first-order valence-electron chi connectivity index (χ1n) is 2.83. The van der Waals surface area contributed by atoms with E-state index in [0.29, 0.717) is 0 Å². The molecular weight excluding hydrogens is 304 g/mol. The molecule has 0 aliphatic carbocycles. The van der Waals surface area contributed by atoms with Crippen molar-refractivity contribution in [3.05, 3.63) is 25.1 Å². The van der Waals surface area contributed by atoms with Gasteiger partial charge in [-0.05, 0) is 0 Å². The molecule has 0 radical (unpaired) electrons. The SMILES string of the molecule is OOc1c(Cl)c(Cl)c(Cl)c(Cl)c1Cl.[NaH]. The van der Waals surface area contributed by atoms with E-state index in [1.165, 1.54) is 0 Å². The second kappa shape index (κ2) is 6.24. The molecule has 14 heavy (non-hydrogen) atoms. The number of hydrogen-bond acceptors (Lipinski definition) is 2. The van der Waals surface area contributed by atoms with E-state index in [1.54, 1.807) is 0 Å². The Bertz CT molecular complexity index is 328. The van der Waals surface area contributed by atoms with Gasteiger partial charge in [0.15, 0.2) is 0 Å². The molecule has 1 rings (SSSR count). The molecular formula is C6H2Cl5NaO2. The molecule has 0 saturated heterocycles. The summed E-state index contributed by atoms with van der Waals surface area (Å²) in [5, 5.41) is 8.18. The van der Waals surface area contributed by atoms with E-state index < -0.39 is 0 Å². The van der Waals surface area contributed by atoms with E-state index >= 15 is 0 Å². The first-order valence-corrected chi connectivity index (χ1v) is 4.72. The zero-order valence-corrected chi connectivity index (χ0v) is 9.52. The Labute approximate surface area is 127 Å². The molecule has 0 spiro atoms. The van der Waals surface area contributed by atoms with Gasteiger partial charge in [-0.1, -0.05) is 58.0 Å². The Balaban J connectivity index is 0.00000169. The second-order valence-electron chi connectivity index (χ2n) is 1.99.